The number of aryl methyl sites for hydroxylation is 2. The Morgan fingerprint density at radius 2 is 1.83 bits per heavy atom. The quantitative estimate of drug-likeness (QED) is 0.587. The number of hydrogen-bond donors (Lipinski definition) is 1. The van der Waals surface area contributed by atoms with Crippen molar-refractivity contribution in [1.82, 2.24) is 15.1 Å². The van der Waals surface area contributed by atoms with Gasteiger partial charge >= 0.3 is 0 Å². The Morgan fingerprint density at radius 1 is 1.10 bits per heavy atom. The Balaban J connectivity index is 1.66. The summed E-state index contributed by atoms with van der Waals surface area (Å²) in [5.74, 6) is 0.681. The van der Waals surface area contributed by atoms with Gasteiger partial charge in [-0.15, -0.1) is 0 Å². The van der Waals surface area contributed by atoms with Crippen molar-refractivity contribution in [3.63, 3.8) is 0 Å². The topological polar surface area (TPSA) is 73.2 Å². The second-order valence-electron chi connectivity index (χ2n) is 7.02. The first-order valence-electron chi connectivity index (χ1n) is 9.62. The van der Waals surface area contributed by atoms with Crippen LogP contribution in [0, 0.1) is 13.8 Å². The van der Waals surface area contributed by atoms with Crippen molar-refractivity contribution in [3.8, 4) is 11.4 Å². The van der Waals surface area contributed by atoms with E-state index >= 15 is 0 Å². The van der Waals surface area contributed by atoms with Crippen LogP contribution in [0.25, 0.3) is 5.69 Å². The smallest absolute Gasteiger partial charge is 0.271 e. The maximum absolute atomic E-state index is 12.5. The van der Waals surface area contributed by atoms with Crippen molar-refractivity contribution in [2.75, 3.05) is 7.11 Å². The van der Waals surface area contributed by atoms with Crippen LogP contribution >= 0.6 is 11.8 Å². The van der Waals surface area contributed by atoms with Gasteiger partial charge in [0.1, 0.15) is 10.8 Å². The molecule has 0 aliphatic heterocycles. The molecule has 3 aromatic rings. The van der Waals surface area contributed by atoms with E-state index in [0.29, 0.717) is 17.3 Å². The summed E-state index contributed by atoms with van der Waals surface area (Å²) in [4.78, 5) is 24.8. The van der Waals surface area contributed by atoms with Gasteiger partial charge in [-0.1, -0.05) is 30.0 Å². The van der Waals surface area contributed by atoms with Crippen molar-refractivity contribution in [2.24, 2.45) is 0 Å². The summed E-state index contributed by atoms with van der Waals surface area (Å²) in [7, 11) is 1.62. The van der Waals surface area contributed by atoms with Gasteiger partial charge < -0.3 is 10.1 Å². The molecular weight excluding hydrogens is 398 g/mol. The first-order valence-corrected chi connectivity index (χ1v) is 10.5. The van der Waals surface area contributed by atoms with E-state index in [-0.39, 0.29) is 16.7 Å². The molecule has 1 atom stereocenters. The van der Waals surface area contributed by atoms with Crippen molar-refractivity contribution < 1.29 is 9.53 Å². The van der Waals surface area contributed by atoms with Crippen LogP contribution < -0.4 is 15.6 Å². The predicted molar refractivity (Wildman–Crippen MR) is 119 cm³/mol. The molecule has 0 radical (unpaired) electrons. The maximum atomic E-state index is 12.5. The lowest BCUT2D eigenvalue weighted by Gasteiger charge is -2.13. The van der Waals surface area contributed by atoms with Gasteiger partial charge in [0.2, 0.25) is 5.91 Å². The molecular formula is C23H25N3O3S. The highest BCUT2D eigenvalue weighted by Crippen LogP contribution is 2.21. The number of ether oxygens (including phenoxy) is 1. The van der Waals surface area contributed by atoms with Crippen LogP contribution in [0.3, 0.4) is 0 Å². The molecule has 6 nitrogen and oxygen atoms in total. The highest BCUT2D eigenvalue weighted by molar-refractivity contribution is 8.00. The van der Waals surface area contributed by atoms with Crippen LogP contribution in [0.4, 0.5) is 0 Å². The molecule has 1 amide bonds. The van der Waals surface area contributed by atoms with E-state index in [1.165, 1.54) is 22.5 Å². The lowest BCUT2D eigenvalue weighted by molar-refractivity contribution is -0.120. The average molecular weight is 424 g/mol. The summed E-state index contributed by atoms with van der Waals surface area (Å²) in [5.41, 5.74) is 3.73. The molecule has 7 heteroatoms. The maximum Gasteiger partial charge on any atom is 0.271 e. The Labute approximate surface area is 180 Å². The molecule has 0 bridgehead atoms. The van der Waals surface area contributed by atoms with Crippen molar-refractivity contribution in [2.45, 2.75) is 37.6 Å². The van der Waals surface area contributed by atoms with E-state index in [1.54, 1.807) is 13.2 Å². The minimum Gasteiger partial charge on any atom is -0.497 e. The number of thioether (sulfide) groups is 1. The van der Waals surface area contributed by atoms with Crippen molar-refractivity contribution in [1.29, 1.82) is 0 Å². The van der Waals surface area contributed by atoms with Crippen LogP contribution in [-0.2, 0) is 11.3 Å². The lowest BCUT2D eigenvalue weighted by atomic mass is 10.1. The fourth-order valence-electron chi connectivity index (χ4n) is 2.81. The van der Waals surface area contributed by atoms with Crippen LogP contribution in [-0.4, -0.2) is 28.0 Å². The molecule has 0 spiro atoms. The second kappa shape index (κ2) is 9.63. The van der Waals surface area contributed by atoms with Crippen LogP contribution in [0.5, 0.6) is 5.75 Å². The Kier molecular flexibility index (Phi) is 6.95. The fraction of sp³-hybridized carbons (Fsp3) is 0.261. The minimum absolute atomic E-state index is 0.0958. The van der Waals surface area contributed by atoms with Gasteiger partial charge in [-0.3, -0.25) is 9.59 Å². The van der Waals surface area contributed by atoms with Gasteiger partial charge in [0.05, 0.1) is 18.0 Å². The second-order valence-corrected chi connectivity index (χ2v) is 8.38. The molecule has 0 aliphatic carbocycles. The zero-order valence-corrected chi connectivity index (χ0v) is 18.3. The van der Waals surface area contributed by atoms with Gasteiger partial charge in [0, 0.05) is 12.6 Å². The molecule has 156 valence electrons. The van der Waals surface area contributed by atoms with Gasteiger partial charge in [-0.2, -0.15) is 9.78 Å². The third-order valence-electron chi connectivity index (χ3n) is 4.80. The Hall–Kier alpha value is -3.06. The SMILES string of the molecule is COc1ccc(CNC(=O)[C@H](C)Sc2ccc(=O)n(-c3ccc(C)c(C)c3)n2)cc1. The summed E-state index contributed by atoms with van der Waals surface area (Å²) in [6.45, 7) is 6.27. The zero-order valence-electron chi connectivity index (χ0n) is 17.5. The molecule has 0 saturated carbocycles. The largest absolute Gasteiger partial charge is 0.497 e. The summed E-state index contributed by atoms with van der Waals surface area (Å²) in [6.07, 6.45) is 0. The van der Waals surface area contributed by atoms with Crippen LogP contribution in [0.15, 0.2) is 64.4 Å². The predicted octanol–water partition coefficient (Wildman–Crippen LogP) is 3.65. The molecule has 30 heavy (non-hydrogen) atoms. The van der Waals surface area contributed by atoms with E-state index in [0.717, 1.165) is 22.4 Å². The standard InChI is InChI=1S/C23H25N3O3S/c1-15-5-8-19(13-16(15)2)26-22(27)12-11-21(25-26)30-17(3)23(28)24-14-18-6-9-20(29-4)10-7-18/h5-13,17H,14H2,1-4H3,(H,24,28)/t17-/m0/s1. The lowest BCUT2D eigenvalue weighted by Crippen LogP contribution is -2.30. The van der Waals surface area contributed by atoms with E-state index in [2.05, 4.69) is 10.4 Å². The normalized spacial score (nSPS) is 11.7. The molecule has 2 aromatic carbocycles. The number of hydrogen-bond acceptors (Lipinski definition) is 5. The summed E-state index contributed by atoms with van der Waals surface area (Å²) < 4.78 is 6.51. The van der Waals surface area contributed by atoms with E-state index in [4.69, 9.17) is 4.74 Å². The fourth-order valence-corrected chi connectivity index (χ4v) is 3.64. The van der Waals surface area contributed by atoms with Crippen molar-refractivity contribution in [3.05, 3.63) is 81.6 Å². The third-order valence-corrected chi connectivity index (χ3v) is 5.83. The number of aromatic nitrogens is 2. The van der Waals surface area contributed by atoms with Crippen LogP contribution in [0.1, 0.15) is 23.6 Å². The number of benzene rings is 2. The number of carbonyl (C=O) groups is 1. The van der Waals surface area contributed by atoms with Gasteiger partial charge in [-0.25, -0.2) is 0 Å². The minimum atomic E-state index is -0.360. The molecule has 0 saturated heterocycles. The van der Waals surface area contributed by atoms with Gasteiger partial charge in [0.25, 0.3) is 5.56 Å². The van der Waals surface area contributed by atoms with Crippen molar-refractivity contribution >= 4 is 17.7 Å². The summed E-state index contributed by atoms with van der Waals surface area (Å²) in [6, 6.07) is 16.5. The molecule has 1 heterocycles. The van der Waals surface area contributed by atoms with Gasteiger partial charge in [0.15, 0.2) is 0 Å². The number of methoxy groups -OCH3 is 1. The summed E-state index contributed by atoms with van der Waals surface area (Å²) in [5, 5.41) is 7.63. The Morgan fingerprint density at radius 3 is 2.50 bits per heavy atom. The number of nitrogens with zero attached hydrogens (tertiary/aromatic N) is 2. The number of rotatable bonds is 7. The third kappa shape index (κ3) is 5.30. The first kappa shape index (κ1) is 21.6. The highest BCUT2D eigenvalue weighted by Gasteiger charge is 2.16. The monoisotopic (exact) mass is 423 g/mol. The highest BCUT2D eigenvalue weighted by atomic mass is 32.2. The number of nitrogens with one attached hydrogen (secondary N) is 1. The zero-order chi connectivity index (χ0) is 21.7. The Bertz CT molecular complexity index is 1090. The summed E-state index contributed by atoms with van der Waals surface area (Å²) >= 11 is 1.31. The molecule has 0 unspecified atom stereocenters. The molecule has 1 N–H and O–H groups in total. The van der Waals surface area contributed by atoms with E-state index in [9.17, 15) is 9.59 Å². The average Bonchev–Trinajstić information content (AvgIpc) is 2.75. The van der Waals surface area contributed by atoms with E-state index in [1.807, 2.05) is 63.2 Å². The number of carbonyl (C=O) groups excluding carboxylic acids is 1. The van der Waals surface area contributed by atoms with E-state index < -0.39 is 0 Å². The van der Waals surface area contributed by atoms with Crippen LogP contribution in [0.2, 0.25) is 0 Å². The molecule has 1 aromatic heterocycles. The first-order chi connectivity index (χ1) is 14.4. The van der Waals surface area contributed by atoms with Gasteiger partial charge in [-0.05, 0) is 67.8 Å². The number of amides is 1. The molecule has 0 aliphatic rings. The molecule has 3 rings (SSSR count). The molecule has 0 fully saturated rings.